The van der Waals surface area contributed by atoms with E-state index >= 15 is 0 Å². The van der Waals surface area contributed by atoms with Crippen molar-refractivity contribution in [3.63, 3.8) is 0 Å². The molecule has 0 atom stereocenters. The normalized spacial score (nSPS) is 11.8. The van der Waals surface area contributed by atoms with Crippen LogP contribution in [0.3, 0.4) is 0 Å². The van der Waals surface area contributed by atoms with E-state index in [9.17, 15) is 0 Å². The van der Waals surface area contributed by atoms with Gasteiger partial charge in [-0.3, -0.25) is 0 Å². The molecular formula is C5H7N2O+. The monoisotopic (exact) mass is 111 g/mol. The first-order chi connectivity index (χ1) is 3.81. The van der Waals surface area contributed by atoms with Gasteiger partial charge in [-0.05, 0) is 13.0 Å². The zero-order valence-corrected chi connectivity index (χ0v) is 4.57. The van der Waals surface area contributed by atoms with Crippen molar-refractivity contribution in [2.45, 2.75) is 6.92 Å². The van der Waals surface area contributed by atoms with Crippen LogP contribution in [0.5, 0.6) is 0 Å². The third-order valence-corrected chi connectivity index (χ3v) is 0.527. The van der Waals surface area contributed by atoms with E-state index in [0.717, 1.165) is 6.20 Å². The first-order valence-electron chi connectivity index (χ1n) is 2.17. The molecule has 0 rings (SSSR count). The molecule has 0 amide bonds. The number of aliphatic hydroxyl groups excluding tert-OH is 1. The van der Waals surface area contributed by atoms with Gasteiger partial charge in [0.25, 0.3) is 0 Å². The Labute approximate surface area is 47.6 Å². The van der Waals surface area contributed by atoms with Gasteiger partial charge in [0.05, 0.1) is 0 Å². The van der Waals surface area contributed by atoms with Gasteiger partial charge < -0.3 is 5.11 Å². The summed E-state index contributed by atoms with van der Waals surface area (Å²) in [5.41, 5.74) is 0. The van der Waals surface area contributed by atoms with Gasteiger partial charge in [-0.2, -0.15) is 0 Å². The fourth-order valence-electron chi connectivity index (χ4n) is 0.273. The Balaban J connectivity index is 3.85. The lowest BCUT2D eigenvalue weighted by molar-refractivity contribution is 0.432. The lowest BCUT2D eigenvalue weighted by Crippen LogP contribution is -1.67. The van der Waals surface area contributed by atoms with Gasteiger partial charge >= 0.3 is 6.20 Å². The van der Waals surface area contributed by atoms with Gasteiger partial charge in [-0.15, -0.1) is 0 Å². The highest BCUT2D eigenvalue weighted by Crippen LogP contribution is 1.88. The largest absolute Gasteiger partial charge is 0.502 e. The molecule has 0 radical (unpaired) electrons. The Bertz CT molecular complexity index is 152. The minimum Gasteiger partial charge on any atom is -0.502 e. The predicted octanol–water partition coefficient (Wildman–Crippen LogP) is 1.81. The maximum Gasteiger partial charge on any atom is 0.391 e. The van der Waals surface area contributed by atoms with Crippen molar-refractivity contribution in [3.05, 3.63) is 29.1 Å². The summed E-state index contributed by atoms with van der Waals surface area (Å²) in [6.45, 7) is 1.75. The zero-order chi connectivity index (χ0) is 6.41. The molecule has 0 spiro atoms. The summed E-state index contributed by atoms with van der Waals surface area (Å²) in [4.78, 5) is 2.59. The number of diazo groups is 1. The number of hydrogen-bond donors (Lipinski definition) is 1. The molecular weight excluding hydrogens is 104 g/mol. The molecule has 42 valence electrons. The Morgan fingerprint density at radius 3 is 2.75 bits per heavy atom. The van der Waals surface area contributed by atoms with Crippen LogP contribution in [-0.2, 0) is 0 Å². The van der Waals surface area contributed by atoms with Gasteiger partial charge in [0.1, 0.15) is 0 Å². The van der Waals surface area contributed by atoms with Gasteiger partial charge in [0.15, 0.2) is 4.98 Å². The van der Waals surface area contributed by atoms with Gasteiger partial charge in [-0.1, -0.05) is 6.08 Å². The molecule has 0 aromatic heterocycles. The van der Waals surface area contributed by atoms with Gasteiger partial charge in [0.2, 0.25) is 11.2 Å². The van der Waals surface area contributed by atoms with Crippen molar-refractivity contribution in [2.75, 3.05) is 0 Å². The molecule has 0 unspecified atom stereocenters. The third-order valence-electron chi connectivity index (χ3n) is 0.527. The molecule has 0 aromatic carbocycles. The highest BCUT2D eigenvalue weighted by Gasteiger charge is 1.88. The van der Waals surface area contributed by atoms with Crippen molar-refractivity contribution in [2.24, 2.45) is 0 Å². The molecule has 3 heteroatoms. The molecule has 0 saturated heterocycles. The second-order valence-corrected chi connectivity index (χ2v) is 1.17. The van der Waals surface area contributed by atoms with Crippen molar-refractivity contribution in [3.8, 4) is 0 Å². The van der Waals surface area contributed by atoms with Crippen LogP contribution in [0.1, 0.15) is 6.92 Å². The summed E-state index contributed by atoms with van der Waals surface area (Å²) in [6, 6.07) is 0. The molecule has 0 bridgehead atoms. The Morgan fingerprint density at radius 1 is 1.75 bits per heavy atom. The van der Waals surface area contributed by atoms with Crippen molar-refractivity contribution < 1.29 is 5.11 Å². The van der Waals surface area contributed by atoms with E-state index < -0.39 is 0 Å². The van der Waals surface area contributed by atoms with Crippen LogP contribution in [0.25, 0.3) is 4.98 Å². The van der Waals surface area contributed by atoms with Crippen LogP contribution >= 0.6 is 0 Å². The molecule has 0 saturated carbocycles. The van der Waals surface area contributed by atoms with E-state index in [1.807, 2.05) is 0 Å². The van der Waals surface area contributed by atoms with E-state index in [4.69, 9.17) is 10.5 Å². The molecule has 1 N–H and O–H groups in total. The van der Waals surface area contributed by atoms with Crippen LogP contribution in [0, 0.1) is 5.39 Å². The Kier molecular flexibility index (Phi) is 3.25. The molecule has 0 heterocycles. The van der Waals surface area contributed by atoms with Crippen LogP contribution in [-0.4, -0.2) is 5.11 Å². The smallest absolute Gasteiger partial charge is 0.391 e. The fraction of sp³-hybridized carbons (Fsp3) is 0.200. The summed E-state index contributed by atoms with van der Waals surface area (Å²) in [5.74, 6) is -0.0602. The van der Waals surface area contributed by atoms with Crippen molar-refractivity contribution >= 4 is 0 Å². The van der Waals surface area contributed by atoms with Crippen molar-refractivity contribution in [1.29, 1.82) is 5.39 Å². The van der Waals surface area contributed by atoms with Crippen LogP contribution in [0.15, 0.2) is 24.1 Å². The summed E-state index contributed by atoms with van der Waals surface area (Å²) < 4.78 is 0. The number of aliphatic hydroxyl groups is 1. The van der Waals surface area contributed by atoms with Crippen molar-refractivity contribution in [1.82, 2.24) is 0 Å². The first kappa shape index (κ1) is 6.70. The summed E-state index contributed by atoms with van der Waals surface area (Å²) in [5, 5.41) is 16.4. The lowest BCUT2D eigenvalue weighted by Gasteiger charge is -1.73. The van der Waals surface area contributed by atoms with E-state index in [1.54, 1.807) is 13.0 Å². The molecule has 0 aliphatic rings. The third kappa shape index (κ3) is 2.91. The number of allylic oxidation sites excluding steroid dienone is 2. The maximum atomic E-state index is 8.57. The van der Waals surface area contributed by atoms with E-state index in [0.29, 0.717) is 0 Å². The Morgan fingerprint density at radius 2 is 2.38 bits per heavy atom. The van der Waals surface area contributed by atoms with Gasteiger partial charge in [0, 0.05) is 0 Å². The first-order valence-corrected chi connectivity index (χ1v) is 2.17. The van der Waals surface area contributed by atoms with Crippen LogP contribution in [0.4, 0.5) is 0 Å². The molecule has 0 fully saturated rings. The summed E-state index contributed by atoms with van der Waals surface area (Å²) in [6.07, 6.45) is 4.00. The SMILES string of the molecule is C/C=C/C(O)=C/[N+]#N. The average molecular weight is 111 g/mol. The zero-order valence-electron chi connectivity index (χ0n) is 4.57. The number of nitrogens with zero attached hydrogens (tertiary/aromatic N) is 2. The number of hydrogen-bond acceptors (Lipinski definition) is 2. The predicted molar refractivity (Wildman–Crippen MR) is 30.6 cm³/mol. The molecule has 0 aliphatic carbocycles. The maximum absolute atomic E-state index is 8.57. The Hall–Kier alpha value is -1.30. The number of rotatable bonds is 1. The minimum absolute atomic E-state index is 0.0602. The standard InChI is InChI=1S/C5H6N2O/c1-2-3-5(8)4-7-6/h2-4H,1H3/p+1/b3-2+,5-4-. The second kappa shape index (κ2) is 3.88. The average Bonchev–Trinajstić information content (AvgIpc) is 1.68. The highest BCUT2D eigenvalue weighted by atomic mass is 16.3. The minimum atomic E-state index is -0.0602. The quantitative estimate of drug-likeness (QED) is 0.318. The molecule has 3 nitrogen and oxygen atoms in total. The molecule has 0 aromatic rings. The topological polar surface area (TPSA) is 48.4 Å². The van der Waals surface area contributed by atoms with E-state index in [1.165, 1.54) is 6.08 Å². The summed E-state index contributed by atoms with van der Waals surface area (Å²) >= 11 is 0. The lowest BCUT2D eigenvalue weighted by atomic mass is 10.5. The van der Waals surface area contributed by atoms with Crippen LogP contribution < -0.4 is 0 Å². The van der Waals surface area contributed by atoms with E-state index in [2.05, 4.69) is 4.98 Å². The van der Waals surface area contributed by atoms with Gasteiger partial charge in [-0.25, -0.2) is 0 Å². The molecule has 0 aliphatic heterocycles. The molecule has 8 heavy (non-hydrogen) atoms. The van der Waals surface area contributed by atoms with E-state index in [-0.39, 0.29) is 5.76 Å². The highest BCUT2D eigenvalue weighted by molar-refractivity contribution is 5.11. The fourth-order valence-corrected chi connectivity index (χ4v) is 0.273. The van der Waals surface area contributed by atoms with Crippen LogP contribution in [0.2, 0.25) is 0 Å². The second-order valence-electron chi connectivity index (χ2n) is 1.17. The summed E-state index contributed by atoms with van der Waals surface area (Å²) in [7, 11) is 0.